The third kappa shape index (κ3) is 4.46. The zero-order chi connectivity index (χ0) is 20.3. The van der Waals surface area contributed by atoms with Crippen LogP contribution < -0.4 is 10.6 Å². The van der Waals surface area contributed by atoms with Gasteiger partial charge in [0, 0.05) is 25.3 Å². The Labute approximate surface area is 167 Å². The van der Waals surface area contributed by atoms with Crippen LogP contribution in [0, 0.1) is 17.2 Å². The van der Waals surface area contributed by atoms with Crippen LogP contribution in [0.25, 0.3) is 0 Å². The first-order chi connectivity index (χ1) is 13.3. The van der Waals surface area contributed by atoms with Crippen molar-refractivity contribution in [1.29, 1.82) is 5.41 Å². The first kappa shape index (κ1) is 20.2. The van der Waals surface area contributed by atoms with Crippen molar-refractivity contribution in [2.24, 2.45) is 11.8 Å². The lowest BCUT2D eigenvalue weighted by molar-refractivity contribution is -0.131. The van der Waals surface area contributed by atoms with Gasteiger partial charge in [-0.05, 0) is 50.2 Å². The van der Waals surface area contributed by atoms with Gasteiger partial charge < -0.3 is 15.5 Å². The van der Waals surface area contributed by atoms with Gasteiger partial charge in [0.1, 0.15) is 5.54 Å². The number of benzene rings is 1. The molecule has 0 saturated carbocycles. The van der Waals surface area contributed by atoms with E-state index in [0.29, 0.717) is 37.9 Å². The Morgan fingerprint density at radius 2 is 1.93 bits per heavy atom. The van der Waals surface area contributed by atoms with Gasteiger partial charge in [0.15, 0.2) is 5.96 Å². The number of urea groups is 1. The van der Waals surface area contributed by atoms with Gasteiger partial charge in [0.05, 0.1) is 0 Å². The Kier molecular flexibility index (Phi) is 5.91. The largest absolute Gasteiger partial charge is 0.342 e. The van der Waals surface area contributed by atoms with Gasteiger partial charge in [-0.1, -0.05) is 32.0 Å². The molecule has 3 rings (SSSR count). The summed E-state index contributed by atoms with van der Waals surface area (Å²) in [5.74, 6) is 0.877. The summed E-state index contributed by atoms with van der Waals surface area (Å²) < 4.78 is 0. The molecule has 2 fully saturated rings. The fraction of sp³-hybridized carbons (Fsp3) is 0.571. The predicted molar refractivity (Wildman–Crippen MR) is 110 cm³/mol. The molecule has 28 heavy (non-hydrogen) atoms. The van der Waals surface area contributed by atoms with Gasteiger partial charge in [-0.15, -0.1) is 0 Å². The highest BCUT2D eigenvalue weighted by Crippen LogP contribution is 2.27. The first-order valence-corrected chi connectivity index (χ1v) is 10.1. The fourth-order valence-electron chi connectivity index (χ4n) is 4.21. The number of rotatable bonds is 5. The molecule has 3 amide bonds. The van der Waals surface area contributed by atoms with Gasteiger partial charge in [0.25, 0.3) is 5.91 Å². The van der Waals surface area contributed by atoms with E-state index in [2.05, 4.69) is 24.5 Å². The summed E-state index contributed by atoms with van der Waals surface area (Å²) in [5, 5.41) is 14.2. The van der Waals surface area contributed by atoms with E-state index in [1.807, 2.05) is 42.2 Å². The molecule has 2 aliphatic rings. The summed E-state index contributed by atoms with van der Waals surface area (Å²) >= 11 is 0. The topological polar surface area (TPSA) is 88.5 Å². The monoisotopic (exact) mass is 385 g/mol. The predicted octanol–water partition coefficient (Wildman–Crippen LogP) is 3.10. The Morgan fingerprint density at radius 1 is 1.29 bits per heavy atom. The van der Waals surface area contributed by atoms with Crippen LogP contribution in [0.15, 0.2) is 30.3 Å². The summed E-state index contributed by atoms with van der Waals surface area (Å²) in [6, 6.07) is 9.36. The van der Waals surface area contributed by atoms with Crippen molar-refractivity contribution in [3.05, 3.63) is 30.3 Å². The molecule has 0 bridgehead atoms. The standard InChI is InChI=1S/C21H31N5O2/c1-15(2)13-21(3)18(27)26(19(22)24-21)14-16-9-11-25(12-10-16)20(28)23-17-7-5-4-6-8-17/h4-8,15-16H,9-14H2,1-3H3,(H2,22,24)(H,23,28). The second-order valence-electron chi connectivity index (χ2n) is 8.55. The maximum atomic E-state index is 12.9. The minimum Gasteiger partial charge on any atom is -0.342 e. The van der Waals surface area contributed by atoms with Crippen molar-refractivity contribution in [3.63, 3.8) is 0 Å². The third-order valence-electron chi connectivity index (χ3n) is 5.57. The number of anilines is 1. The normalized spacial score (nSPS) is 23.3. The summed E-state index contributed by atoms with van der Waals surface area (Å²) in [4.78, 5) is 28.7. The second kappa shape index (κ2) is 8.20. The van der Waals surface area contributed by atoms with Crippen molar-refractivity contribution in [2.75, 3.05) is 25.0 Å². The van der Waals surface area contributed by atoms with Crippen molar-refractivity contribution in [1.82, 2.24) is 15.1 Å². The maximum Gasteiger partial charge on any atom is 0.321 e. The number of nitrogens with zero attached hydrogens (tertiary/aromatic N) is 2. The van der Waals surface area contributed by atoms with Gasteiger partial charge >= 0.3 is 6.03 Å². The summed E-state index contributed by atoms with van der Waals surface area (Å²) in [7, 11) is 0. The summed E-state index contributed by atoms with van der Waals surface area (Å²) in [6.45, 7) is 7.93. The first-order valence-electron chi connectivity index (χ1n) is 10.1. The number of para-hydroxylation sites is 1. The Bertz CT molecular complexity index is 728. The van der Waals surface area contributed by atoms with E-state index in [9.17, 15) is 9.59 Å². The van der Waals surface area contributed by atoms with Crippen LogP contribution in [0.3, 0.4) is 0 Å². The molecule has 2 aliphatic heterocycles. The molecule has 1 aromatic rings. The zero-order valence-electron chi connectivity index (χ0n) is 17.0. The van der Waals surface area contributed by atoms with E-state index in [4.69, 9.17) is 5.41 Å². The fourth-order valence-corrected chi connectivity index (χ4v) is 4.21. The van der Waals surface area contributed by atoms with Crippen molar-refractivity contribution < 1.29 is 9.59 Å². The Balaban J connectivity index is 1.51. The van der Waals surface area contributed by atoms with Crippen molar-refractivity contribution in [3.8, 4) is 0 Å². The highest BCUT2D eigenvalue weighted by atomic mass is 16.2. The number of likely N-dealkylation sites (tertiary alicyclic amines) is 1. The van der Waals surface area contributed by atoms with E-state index in [0.717, 1.165) is 18.5 Å². The lowest BCUT2D eigenvalue weighted by Crippen LogP contribution is -2.46. The molecule has 152 valence electrons. The molecule has 2 heterocycles. The van der Waals surface area contributed by atoms with Gasteiger partial charge in [-0.3, -0.25) is 15.1 Å². The molecule has 3 N–H and O–H groups in total. The van der Waals surface area contributed by atoms with Crippen LogP contribution in [0.1, 0.15) is 40.0 Å². The lowest BCUT2D eigenvalue weighted by Gasteiger charge is -2.33. The smallest absolute Gasteiger partial charge is 0.321 e. The van der Waals surface area contributed by atoms with E-state index in [1.165, 1.54) is 0 Å². The van der Waals surface area contributed by atoms with Crippen molar-refractivity contribution >= 4 is 23.6 Å². The molecule has 0 aromatic heterocycles. The Morgan fingerprint density at radius 3 is 2.54 bits per heavy atom. The molecule has 7 nitrogen and oxygen atoms in total. The van der Waals surface area contributed by atoms with Gasteiger partial charge in [0.2, 0.25) is 0 Å². The number of amides is 3. The third-order valence-corrected chi connectivity index (χ3v) is 5.57. The summed E-state index contributed by atoms with van der Waals surface area (Å²) in [5.41, 5.74) is 0.114. The molecule has 7 heteroatoms. The van der Waals surface area contributed by atoms with Crippen LogP contribution in [-0.4, -0.2) is 52.9 Å². The highest BCUT2D eigenvalue weighted by Gasteiger charge is 2.46. The second-order valence-corrected chi connectivity index (χ2v) is 8.55. The molecule has 0 aliphatic carbocycles. The molecule has 0 radical (unpaired) electrons. The van der Waals surface area contributed by atoms with E-state index < -0.39 is 5.54 Å². The van der Waals surface area contributed by atoms with Crippen molar-refractivity contribution in [2.45, 2.75) is 45.6 Å². The molecule has 1 unspecified atom stereocenters. The molecule has 1 aromatic carbocycles. The average molecular weight is 386 g/mol. The quantitative estimate of drug-likeness (QED) is 0.728. The van der Waals surface area contributed by atoms with Crippen LogP contribution in [-0.2, 0) is 4.79 Å². The number of nitrogens with one attached hydrogen (secondary N) is 3. The van der Waals surface area contributed by atoms with E-state index in [1.54, 1.807) is 4.90 Å². The number of guanidine groups is 1. The number of carbonyl (C=O) groups is 2. The Hall–Kier alpha value is -2.57. The number of hydrogen-bond acceptors (Lipinski definition) is 3. The van der Waals surface area contributed by atoms with Crippen LogP contribution in [0.2, 0.25) is 0 Å². The minimum atomic E-state index is -0.679. The molecule has 0 spiro atoms. The molecule has 1 atom stereocenters. The SMILES string of the molecule is CC(C)CC1(C)NC(=N)N(CC2CCN(C(=O)Nc3ccccc3)CC2)C1=O. The van der Waals surface area contributed by atoms with E-state index in [-0.39, 0.29) is 17.9 Å². The number of hydrogen-bond donors (Lipinski definition) is 3. The van der Waals surface area contributed by atoms with Crippen LogP contribution >= 0.6 is 0 Å². The molecule has 2 saturated heterocycles. The number of piperidine rings is 1. The van der Waals surface area contributed by atoms with E-state index >= 15 is 0 Å². The van der Waals surface area contributed by atoms with Crippen LogP contribution in [0.4, 0.5) is 10.5 Å². The average Bonchev–Trinajstić information content (AvgIpc) is 2.85. The molecular weight excluding hydrogens is 354 g/mol. The van der Waals surface area contributed by atoms with Crippen LogP contribution in [0.5, 0.6) is 0 Å². The minimum absolute atomic E-state index is 0.00421. The number of carbonyl (C=O) groups excluding carboxylic acids is 2. The summed E-state index contributed by atoms with van der Waals surface area (Å²) in [6.07, 6.45) is 2.38. The van der Waals surface area contributed by atoms with Gasteiger partial charge in [-0.25, -0.2) is 4.79 Å². The zero-order valence-corrected chi connectivity index (χ0v) is 17.0. The highest BCUT2D eigenvalue weighted by molar-refractivity contribution is 6.07. The lowest BCUT2D eigenvalue weighted by atomic mass is 9.90. The molecular formula is C21H31N5O2. The van der Waals surface area contributed by atoms with Gasteiger partial charge in [-0.2, -0.15) is 0 Å². The maximum absolute atomic E-state index is 12.9.